The molecule has 0 aliphatic carbocycles. The maximum Gasteiger partial charge on any atom is 0.184 e. The molecule has 8 rings (SSSR count). The summed E-state index contributed by atoms with van der Waals surface area (Å²) in [4.78, 5) is 38.3. The molecule has 5 aromatic carbocycles. The Morgan fingerprint density at radius 3 is 0.896 bits per heavy atom. The van der Waals surface area contributed by atoms with Crippen molar-refractivity contribution in [2.45, 2.75) is 0 Å². The van der Waals surface area contributed by atoms with E-state index in [-0.39, 0.29) is 0 Å². The third kappa shape index (κ3) is 6.05. The van der Waals surface area contributed by atoms with Gasteiger partial charge in [-0.1, -0.05) is 146 Å². The first-order valence-electron chi connectivity index (χ1n) is 15.4. The highest BCUT2D eigenvalue weighted by Gasteiger charge is 2.15. The summed E-state index contributed by atoms with van der Waals surface area (Å²) in [6.45, 7) is 0. The largest absolute Gasteiger partial charge is 0.260 e. The molecule has 0 atom stereocenters. The topological polar surface area (TPSA) is 103 Å². The van der Waals surface area contributed by atoms with Crippen LogP contribution in [-0.2, 0) is 0 Å². The predicted molar refractivity (Wildman–Crippen MR) is 187 cm³/mol. The second-order valence-corrected chi connectivity index (χ2v) is 10.9. The molecule has 8 nitrogen and oxygen atoms in total. The molecule has 0 radical (unpaired) electrons. The van der Waals surface area contributed by atoms with Crippen molar-refractivity contribution in [3.8, 4) is 79.7 Å². The van der Waals surface area contributed by atoms with Gasteiger partial charge in [0.15, 0.2) is 34.9 Å². The second kappa shape index (κ2) is 12.9. The molecule has 8 aromatic rings. The Labute approximate surface area is 277 Å². The van der Waals surface area contributed by atoms with E-state index >= 15 is 0 Å². The fourth-order valence-corrected chi connectivity index (χ4v) is 5.26. The normalized spacial score (nSPS) is 10.9. The van der Waals surface area contributed by atoms with E-state index in [4.69, 9.17) is 34.9 Å². The van der Waals surface area contributed by atoms with Crippen LogP contribution < -0.4 is 0 Å². The van der Waals surface area contributed by atoms with E-state index in [2.05, 4.69) is 4.98 Å². The SMILES string of the molecule is c1ccc(-c2nc(-c3ccccc3)nc(-c3ccc(-c4cncc(-c5nc(-c6ccccc6)nc(-c6ccccc6)n5)n4)cc3)n2)cc1. The molecule has 0 bridgehead atoms. The molecule has 0 aliphatic rings. The Hall–Kier alpha value is -6.80. The summed E-state index contributed by atoms with van der Waals surface area (Å²) < 4.78 is 0. The van der Waals surface area contributed by atoms with Crippen LogP contribution >= 0.6 is 0 Å². The summed E-state index contributed by atoms with van der Waals surface area (Å²) in [5.41, 5.74) is 6.60. The van der Waals surface area contributed by atoms with Gasteiger partial charge in [0.05, 0.1) is 18.1 Å². The average Bonchev–Trinajstić information content (AvgIpc) is 3.19. The summed E-state index contributed by atoms with van der Waals surface area (Å²) in [6.07, 6.45) is 3.41. The number of hydrogen-bond acceptors (Lipinski definition) is 8. The van der Waals surface area contributed by atoms with Crippen molar-refractivity contribution >= 4 is 0 Å². The van der Waals surface area contributed by atoms with Gasteiger partial charge in [0, 0.05) is 33.4 Å². The van der Waals surface area contributed by atoms with E-state index in [1.165, 1.54) is 0 Å². The van der Waals surface area contributed by atoms with Gasteiger partial charge in [-0.15, -0.1) is 0 Å². The maximum atomic E-state index is 4.94. The first-order valence-corrected chi connectivity index (χ1v) is 15.4. The van der Waals surface area contributed by atoms with Crippen LogP contribution in [0.3, 0.4) is 0 Å². The van der Waals surface area contributed by atoms with E-state index in [0.29, 0.717) is 46.3 Å². The number of nitrogens with zero attached hydrogens (tertiary/aromatic N) is 8. The zero-order valence-electron chi connectivity index (χ0n) is 25.6. The molecular weight excluding hydrogens is 592 g/mol. The van der Waals surface area contributed by atoms with Crippen molar-refractivity contribution in [3.63, 3.8) is 0 Å². The standard InChI is InChI=1S/C40H26N8/c1-5-13-28(14-6-1)35-43-36(29-15-7-2-8-16-29)45-39(44-35)32-23-21-27(22-24-32)33-25-41-26-34(42-33)40-47-37(30-17-9-3-10-18-30)46-38(48-40)31-19-11-4-12-20-31/h1-26H. The lowest BCUT2D eigenvalue weighted by molar-refractivity contribution is 1.05. The van der Waals surface area contributed by atoms with Gasteiger partial charge in [-0.25, -0.2) is 34.9 Å². The first-order chi connectivity index (χ1) is 23.8. The van der Waals surface area contributed by atoms with Crippen molar-refractivity contribution in [3.05, 3.63) is 158 Å². The van der Waals surface area contributed by atoms with Gasteiger partial charge in [-0.2, -0.15) is 0 Å². The lowest BCUT2D eigenvalue weighted by Crippen LogP contribution is -2.02. The molecule has 0 saturated carbocycles. The third-order valence-electron chi connectivity index (χ3n) is 7.70. The Bertz CT molecular complexity index is 2200. The van der Waals surface area contributed by atoms with E-state index in [1.54, 1.807) is 12.4 Å². The van der Waals surface area contributed by atoms with Crippen molar-refractivity contribution in [2.75, 3.05) is 0 Å². The number of hydrogen-bond donors (Lipinski definition) is 0. The van der Waals surface area contributed by atoms with Crippen LogP contribution in [0.15, 0.2) is 158 Å². The van der Waals surface area contributed by atoms with E-state index in [1.807, 2.05) is 146 Å². The predicted octanol–water partition coefficient (Wildman–Crippen LogP) is 8.52. The van der Waals surface area contributed by atoms with Gasteiger partial charge in [-0.3, -0.25) is 4.98 Å². The van der Waals surface area contributed by atoms with Gasteiger partial charge >= 0.3 is 0 Å². The third-order valence-corrected chi connectivity index (χ3v) is 7.70. The van der Waals surface area contributed by atoms with Gasteiger partial charge in [0.1, 0.15) is 5.69 Å². The summed E-state index contributed by atoms with van der Waals surface area (Å²) in [5, 5.41) is 0. The number of aromatic nitrogens is 8. The Balaban J connectivity index is 1.16. The molecule has 0 spiro atoms. The molecule has 3 heterocycles. The van der Waals surface area contributed by atoms with Gasteiger partial charge in [-0.05, 0) is 0 Å². The summed E-state index contributed by atoms with van der Waals surface area (Å²) >= 11 is 0. The molecule has 3 aromatic heterocycles. The highest BCUT2D eigenvalue weighted by molar-refractivity contribution is 5.70. The van der Waals surface area contributed by atoms with Gasteiger partial charge < -0.3 is 0 Å². The molecule has 0 fully saturated rings. The average molecular weight is 619 g/mol. The van der Waals surface area contributed by atoms with Crippen LogP contribution in [0.2, 0.25) is 0 Å². The second-order valence-electron chi connectivity index (χ2n) is 10.9. The summed E-state index contributed by atoms with van der Waals surface area (Å²) in [5.74, 6) is 3.39. The summed E-state index contributed by atoms with van der Waals surface area (Å²) in [7, 11) is 0. The quantitative estimate of drug-likeness (QED) is 0.175. The molecule has 0 amide bonds. The minimum absolute atomic E-state index is 0.445. The zero-order valence-corrected chi connectivity index (χ0v) is 25.6. The van der Waals surface area contributed by atoms with Gasteiger partial charge in [0.2, 0.25) is 0 Å². The minimum atomic E-state index is 0.445. The van der Waals surface area contributed by atoms with Crippen LogP contribution in [0.25, 0.3) is 79.7 Å². The molecule has 0 N–H and O–H groups in total. The fraction of sp³-hybridized carbons (Fsp3) is 0. The lowest BCUT2D eigenvalue weighted by Gasteiger charge is -2.10. The number of rotatable bonds is 7. The van der Waals surface area contributed by atoms with Crippen molar-refractivity contribution in [1.82, 2.24) is 39.9 Å². The van der Waals surface area contributed by atoms with Crippen molar-refractivity contribution < 1.29 is 0 Å². The number of benzene rings is 5. The zero-order chi connectivity index (χ0) is 32.1. The molecule has 0 saturated heterocycles. The molecule has 0 unspecified atom stereocenters. The molecule has 8 heteroatoms. The maximum absolute atomic E-state index is 4.94. The van der Waals surface area contributed by atoms with Crippen LogP contribution in [0.5, 0.6) is 0 Å². The van der Waals surface area contributed by atoms with Gasteiger partial charge in [0.25, 0.3) is 0 Å². The van der Waals surface area contributed by atoms with Crippen LogP contribution in [0.1, 0.15) is 0 Å². The highest BCUT2D eigenvalue weighted by Crippen LogP contribution is 2.28. The monoisotopic (exact) mass is 618 g/mol. The van der Waals surface area contributed by atoms with Crippen molar-refractivity contribution in [2.24, 2.45) is 0 Å². The smallest absolute Gasteiger partial charge is 0.184 e. The lowest BCUT2D eigenvalue weighted by atomic mass is 10.1. The molecule has 226 valence electrons. The van der Waals surface area contributed by atoms with E-state index < -0.39 is 0 Å². The van der Waals surface area contributed by atoms with Crippen LogP contribution in [0.4, 0.5) is 0 Å². The minimum Gasteiger partial charge on any atom is -0.260 e. The molecule has 0 aliphatic heterocycles. The summed E-state index contributed by atoms with van der Waals surface area (Å²) in [6, 6.07) is 47.6. The van der Waals surface area contributed by atoms with E-state index in [0.717, 1.165) is 33.4 Å². The Morgan fingerprint density at radius 1 is 0.229 bits per heavy atom. The Morgan fingerprint density at radius 2 is 0.521 bits per heavy atom. The highest BCUT2D eigenvalue weighted by atomic mass is 15.1. The van der Waals surface area contributed by atoms with Crippen LogP contribution in [-0.4, -0.2) is 39.9 Å². The fourth-order valence-electron chi connectivity index (χ4n) is 5.26. The van der Waals surface area contributed by atoms with E-state index in [9.17, 15) is 0 Å². The molecule has 48 heavy (non-hydrogen) atoms. The molecular formula is C40H26N8. The van der Waals surface area contributed by atoms with Crippen LogP contribution in [0, 0.1) is 0 Å². The first kappa shape index (κ1) is 28.7. The Kier molecular flexibility index (Phi) is 7.70. The van der Waals surface area contributed by atoms with Crippen molar-refractivity contribution in [1.29, 1.82) is 0 Å².